The number of hydrogen-bond acceptors (Lipinski definition) is 5. The van der Waals surface area contributed by atoms with E-state index in [-0.39, 0.29) is 19.0 Å². The smallest absolute Gasteiger partial charge is 0.307 e. The number of aliphatic hydroxyl groups is 1. The van der Waals surface area contributed by atoms with Gasteiger partial charge in [0.1, 0.15) is 18.1 Å². The van der Waals surface area contributed by atoms with Gasteiger partial charge < -0.3 is 18.8 Å². The van der Waals surface area contributed by atoms with Crippen molar-refractivity contribution < 1.29 is 19.1 Å². The summed E-state index contributed by atoms with van der Waals surface area (Å²) in [5.74, 6) is 0.829. The maximum absolute atomic E-state index is 11.7. The standard InChI is InChI=1S/C19H20N2O4/c1-2-24-17(23)10-11-21-13-20-18(14-6-4-3-5-7-14)19(21)16-9-8-15(12-22)25-16/h3-9,13,22H,2,10-12H2,1H3. The second-order valence-electron chi connectivity index (χ2n) is 5.48. The fourth-order valence-corrected chi connectivity index (χ4v) is 2.65. The lowest BCUT2D eigenvalue weighted by Crippen LogP contribution is -2.09. The summed E-state index contributed by atoms with van der Waals surface area (Å²) < 4.78 is 12.6. The lowest BCUT2D eigenvalue weighted by atomic mass is 10.1. The number of rotatable bonds is 7. The van der Waals surface area contributed by atoms with Crippen LogP contribution in [-0.2, 0) is 22.7 Å². The molecule has 0 fully saturated rings. The van der Waals surface area contributed by atoms with Gasteiger partial charge in [0.05, 0.1) is 25.0 Å². The number of carbonyl (C=O) groups is 1. The summed E-state index contributed by atoms with van der Waals surface area (Å²) in [7, 11) is 0. The van der Waals surface area contributed by atoms with Gasteiger partial charge in [-0.25, -0.2) is 4.98 Å². The number of nitrogens with zero attached hydrogens (tertiary/aromatic N) is 2. The van der Waals surface area contributed by atoms with Crippen LogP contribution in [0, 0.1) is 0 Å². The molecule has 0 radical (unpaired) electrons. The predicted molar refractivity (Wildman–Crippen MR) is 92.5 cm³/mol. The van der Waals surface area contributed by atoms with E-state index in [4.69, 9.17) is 9.15 Å². The van der Waals surface area contributed by atoms with Gasteiger partial charge in [0.25, 0.3) is 0 Å². The number of furan rings is 1. The first-order valence-corrected chi connectivity index (χ1v) is 8.19. The first-order valence-electron chi connectivity index (χ1n) is 8.19. The summed E-state index contributed by atoms with van der Waals surface area (Å²) in [6.07, 6.45) is 1.94. The highest BCUT2D eigenvalue weighted by molar-refractivity contribution is 5.76. The normalized spacial score (nSPS) is 10.8. The van der Waals surface area contributed by atoms with Gasteiger partial charge in [-0.05, 0) is 19.1 Å². The number of esters is 1. The van der Waals surface area contributed by atoms with Gasteiger partial charge in [-0.1, -0.05) is 30.3 Å². The molecule has 6 nitrogen and oxygen atoms in total. The Bertz CT molecular complexity index is 836. The van der Waals surface area contributed by atoms with Crippen molar-refractivity contribution in [1.82, 2.24) is 9.55 Å². The third-order valence-corrected chi connectivity index (χ3v) is 3.80. The summed E-state index contributed by atoms with van der Waals surface area (Å²) in [6.45, 7) is 2.41. The summed E-state index contributed by atoms with van der Waals surface area (Å²) in [6, 6.07) is 13.3. The number of benzene rings is 1. The summed E-state index contributed by atoms with van der Waals surface area (Å²) in [4.78, 5) is 16.2. The van der Waals surface area contributed by atoms with Crippen LogP contribution < -0.4 is 0 Å². The minimum absolute atomic E-state index is 0.169. The number of imidazole rings is 1. The van der Waals surface area contributed by atoms with E-state index in [1.165, 1.54) is 0 Å². The van der Waals surface area contributed by atoms with E-state index in [0.29, 0.717) is 24.7 Å². The number of aromatic nitrogens is 2. The number of ether oxygens (including phenoxy) is 1. The first-order chi connectivity index (χ1) is 12.2. The molecule has 130 valence electrons. The van der Waals surface area contributed by atoms with Crippen molar-refractivity contribution in [2.45, 2.75) is 26.5 Å². The van der Waals surface area contributed by atoms with E-state index >= 15 is 0 Å². The highest BCUT2D eigenvalue weighted by Crippen LogP contribution is 2.32. The molecular weight excluding hydrogens is 320 g/mol. The molecule has 3 aromatic rings. The molecule has 0 atom stereocenters. The predicted octanol–water partition coefficient (Wildman–Crippen LogP) is 3.26. The maximum atomic E-state index is 11.7. The van der Waals surface area contributed by atoms with Crippen LogP contribution in [0.15, 0.2) is 53.2 Å². The van der Waals surface area contributed by atoms with Gasteiger partial charge >= 0.3 is 5.97 Å². The second kappa shape index (κ2) is 7.81. The van der Waals surface area contributed by atoms with Crippen molar-refractivity contribution in [3.05, 3.63) is 54.6 Å². The van der Waals surface area contributed by atoms with Crippen molar-refractivity contribution in [2.75, 3.05) is 6.61 Å². The Labute approximate surface area is 145 Å². The zero-order valence-corrected chi connectivity index (χ0v) is 14.0. The second-order valence-corrected chi connectivity index (χ2v) is 5.48. The zero-order chi connectivity index (χ0) is 17.6. The van der Waals surface area contributed by atoms with Crippen LogP contribution in [0.5, 0.6) is 0 Å². The Morgan fingerprint density at radius 1 is 1.24 bits per heavy atom. The van der Waals surface area contributed by atoms with Crippen LogP contribution in [0.25, 0.3) is 22.7 Å². The number of hydrogen-bond donors (Lipinski definition) is 1. The molecular formula is C19H20N2O4. The van der Waals surface area contributed by atoms with Gasteiger partial charge in [-0.15, -0.1) is 0 Å². The molecule has 1 N–H and O–H groups in total. The van der Waals surface area contributed by atoms with Crippen molar-refractivity contribution in [3.63, 3.8) is 0 Å². The fourth-order valence-electron chi connectivity index (χ4n) is 2.65. The quantitative estimate of drug-likeness (QED) is 0.668. The van der Waals surface area contributed by atoms with Crippen LogP contribution >= 0.6 is 0 Å². The molecule has 2 heterocycles. The topological polar surface area (TPSA) is 77.5 Å². The number of carbonyl (C=O) groups excluding carboxylic acids is 1. The highest BCUT2D eigenvalue weighted by Gasteiger charge is 2.18. The largest absolute Gasteiger partial charge is 0.466 e. The molecule has 0 saturated carbocycles. The lowest BCUT2D eigenvalue weighted by molar-refractivity contribution is -0.143. The van der Waals surface area contributed by atoms with Crippen LogP contribution in [0.4, 0.5) is 0 Å². The van der Waals surface area contributed by atoms with E-state index in [1.54, 1.807) is 25.4 Å². The van der Waals surface area contributed by atoms with Gasteiger partial charge in [-0.3, -0.25) is 4.79 Å². The monoisotopic (exact) mass is 340 g/mol. The van der Waals surface area contributed by atoms with Crippen LogP contribution in [0.3, 0.4) is 0 Å². The zero-order valence-electron chi connectivity index (χ0n) is 14.0. The molecule has 0 spiro atoms. The Hall–Kier alpha value is -2.86. The molecule has 2 aromatic heterocycles. The Morgan fingerprint density at radius 2 is 2.04 bits per heavy atom. The highest BCUT2D eigenvalue weighted by atomic mass is 16.5. The first kappa shape index (κ1) is 17.0. The third-order valence-electron chi connectivity index (χ3n) is 3.80. The number of aryl methyl sites for hydroxylation is 1. The summed E-state index contributed by atoms with van der Waals surface area (Å²) in [5.41, 5.74) is 2.49. The van der Waals surface area contributed by atoms with Crippen LogP contribution in [-0.4, -0.2) is 27.2 Å². The molecule has 0 aliphatic rings. The molecule has 0 unspecified atom stereocenters. The molecule has 0 amide bonds. The molecule has 0 saturated heterocycles. The van der Waals surface area contributed by atoms with Crippen LogP contribution in [0.1, 0.15) is 19.1 Å². The van der Waals surface area contributed by atoms with Crippen molar-refractivity contribution in [3.8, 4) is 22.7 Å². The Kier molecular flexibility index (Phi) is 5.30. The average Bonchev–Trinajstić information content (AvgIpc) is 3.27. The summed E-state index contributed by atoms with van der Waals surface area (Å²) in [5, 5.41) is 9.26. The average molecular weight is 340 g/mol. The van der Waals surface area contributed by atoms with E-state index in [0.717, 1.165) is 17.0 Å². The SMILES string of the molecule is CCOC(=O)CCn1cnc(-c2ccccc2)c1-c1ccc(CO)o1. The fraction of sp³-hybridized carbons (Fsp3) is 0.263. The van der Waals surface area contributed by atoms with Crippen molar-refractivity contribution in [1.29, 1.82) is 0 Å². The molecule has 3 rings (SSSR count). The van der Waals surface area contributed by atoms with E-state index in [9.17, 15) is 9.90 Å². The lowest BCUT2D eigenvalue weighted by Gasteiger charge is -2.08. The number of aliphatic hydroxyl groups excluding tert-OH is 1. The minimum atomic E-state index is -0.251. The third kappa shape index (κ3) is 3.80. The van der Waals surface area contributed by atoms with E-state index < -0.39 is 0 Å². The van der Waals surface area contributed by atoms with Gasteiger partial charge in [0, 0.05) is 12.1 Å². The molecule has 6 heteroatoms. The van der Waals surface area contributed by atoms with Crippen molar-refractivity contribution in [2.24, 2.45) is 0 Å². The van der Waals surface area contributed by atoms with Gasteiger partial charge in [0.2, 0.25) is 0 Å². The van der Waals surface area contributed by atoms with E-state index in [1.807, 2.05) is 34.9 Å². The molecule has 25 heavy (non-hydrogen) atoms. The summed E-state index contributed by atoms with van der Waals surface area (Å²) >= 11 is 0. The van der Waals surface area contributed by atoms with Gasteiger partial charge in [0.15, 0.2) is 5.76 Å². The Morgan fingerprint density at radius 3 is 2.72 bits per heavy atom. The van der Waals surface area contributed by atoms with E-state index in [2.05, 4.69) is 4.98 Å². The molecule has 1 aromatic carbocycles. The minimum Gasteiger partial charge on any atom is -0.466 e. The maximum Gasteiger partial charge on any atom is 0.307 e. The molecule has 0 aliphatic heterocycles. The Balaban J connectivity index is 1.98. The van der Waals surface area contributed by atoms with Gasteiger partial charge in [-0.2, -0.15) is 0 Å². The molecule has 0 bridgehead atoms. The van der Waals surface area contributed by atoms with Crippen LogP contribution in [0.2, 0.25) is 0 Å². The van der Waals surface area contributed by atoms with Crippen molar-refractivity contribution >= 4 is 5.97 Å². The molecule has 0 aliphatic carbocycles.